The van der Waals surface area contributed by atoms with Crippen molar-refractivity contribution in [2.45, 2.75) is 39.4 Å². The molecule has 3 rings (SSSR count). The molecule has 0 saturated carbocycles. The average molecular weight is 439 g/mol. The van der Waals surface area contributed by atoms with E-state index in [1.807, 2.05) is 48.5 Å². The Hall–Kier alpha value is -3.52. The largest absolute Gasteiger partial charge is 0.489 e. The molecule has 0 atom stereocenters. The summed E-state index contributed by atoms with van der Waals surface area (Å²) in [6, 6.07) is 15.6. The van der Waals surface area contributed by atoms with Crippen LogP contribution in [0.15, 0.2) is 48.5 Å². The third kappa shape index (κ3) is 6.24. The van der Waals surface area contributed by atoms with Gasteiger partial charge in [0.15, 0.2) is 0 Å². The Morgan fingerprint density at radius 2 is 1.81 bits per heavy atom. The first kappa shape index (κ1) is 23.1. The molecule has 0 aliphatic heterocycles. The molecule has 2 aromatic carbocycles. The van der Waals surface area contributed by atoms with Crippen LogP contribution in [-0.2, 0) is 17.8 Å². The summed E-state index contributed by atoms with van der Waals surface area (Å²) in [6.45, 7) is 6.25. The number of carbonyl (C=O) groups excluding carboxylic acids is 2. The Kier molecular flexibility index (Phi) is 7.37. The van der Waals surface area contributed by atoms with Crippen LogP contribution in [0.4, 0.5) is 4.79 Å². The highest BCUT2D eigenvalue weighted by atomic mass is 16.6. The van der Waals surface area contributed by atoms with Crippen molar-refractivity contribution in [1.82, 2.24) is 21.2 Å². The zero-order valence-electron chi connectivity index (χ0n) is 18.9. The van der Waals surface area contributed by atoms with Crippen LogP contribution in [-0.4, -0.2) is 36.2 Å². The first-order chi connectivity index (χ1) is 15.3. The molecule has 3 aromatic rings. The van der Waals surface area contributed by atoms with Crippen molar-refractivity contribution in [3.8, 4) is 5.75 Å². The Labute approximate surface area is 187 Å². The molecular formula is C24H30N4O4. The number of aromatic amines is 1. The van der Waals surface area contributed by atoms with E-state index in [0.29, 0.717) is 31.0 Å². The van der Waals surface area contributed by atoms with Gasteiger partial charge in [-0.05, 0) is 56.5 Å². The molecular weight excluding hydrogens is 408 g/mol. The number of carbonyl (C=O) groups is 2. The molecule has 170 valence electrons. The van der Waals surface area contributed by atoms with Gasteiger partial charge < -0.3 is 19.8 Å². The van der Waals surface area contributed by atoms with Crippen molar-refractivity contribution >= 4 is 22.9 Å². The van der Waals surface area contributed by atoms with Crippen molar-refractivity contribution in [2.24, 2.45) is 0 Å². The van der Waals surface area contributed by atoms with Gasteiger partial charge in [0.2, 0.25) is 0 Å². The maximum atomic E-state index is 12.4. The third-order valence-electron chi connectivity index (χ3n) is 4.67. The fourth-order valence-electron chi connectivity index (χ4n) is 3.26. The lowest BCUT2D eigenvalue weighted by molar-refractivity contribution is 0.0498. The minimum Gasteiger partial charge on any atom is -0.489 e. The van der Waals surface area contributed by atoms with Crippen LogP contribution < -0.4 is 20.9 Å². The van der Waals surface area contributed by atoms with Crippen molar-refractivity contribution in [1.29, 1.82) is 0 Å². The topological polar surface area (TPSA) is 104 Å². The van der Waals surface area contributed by atoms with Gasteiger partial charge in [-0.25, -0.2) is 10.2 Å². The monoisotopic (exact) mass is 438 g/mol. The van der Waals surface area contributed by atoms with Gasteiger partial charge in [-0.3, -0.25) is 10.2 Å². The lowest BCUT2D eigenvalue weighted by Gasteiger charge is -2.19. The summed E-state index contributed by atoms with van der Waals surface area (Å²) in [4.78, 5) is 27.4. The SMILES string of the molecule is CNC(=O)c1[nH]c2ccc(OCc3ccccc3)cc2c1CCNNC(=O)OC(C)(C)C. The Morgan fingerprint density at radius 1 is 1.06 bits per heavy atom. The fourth-order valence-corrected chi connectivity index (χ4v) is 3.26. The van der Waals surface area contributed by atoms with E-state index in [9.17, 15) is 9.59 Å². The molecule has 0 bridgehead atoms. The number of hydrogen-bond donors (Lipinski definition) is 4. The quantitative estimate of drug-likeness (QED) is 0.317. The fraction of sp³-hybridized carbons (Fsp3) is 0.333. The molecule has 0 unspecified atom stereocenters. The van der Waals surface area contributed by atoms with Crippen LogP contribution in [0, 0.1) is 0 Å². The summed E-state index contributed by atoms with van der Waals surface area (Å²) >= 11 is 0. The molecule has 0 spiro atoms. The zero-order valence-corrected chi connectivity index (χ0v) is 18.9. The predicted octanol–water partition coefficient (Wildman–Crippen LogP) is 3.68. The molecule has 0 saturated heterocycles. The summed E-state index contributed by atoms with van der Waals surface area (Å²) in [7, 11) is 1.59. The number of fused-ring (bicyclic) bond motifs is 1. The molecule has 4 N–H and O–H groups in total. The molecule has 8 nitrogen and oxygen atoms in total. The predicted molar refractivity (Wildman–Crippen MR) is 124 cm³/mol. The number of ether oxygens (including phenoxy) is 2. The normalized spacial score (nSPS) is 11.2. The summed E-state index contributed by atoms with van der Waals surface area (Å²) in [5.41, 5.74) is 8.03. The molecule has 0 radical (unpaired) electrons. The van der Waals surface area contributed by atoms with Gasteiger partial charge >= 0.3 is 6.09 Å². The number of nitrogens with one attached hydrogen (secondary N) is 4. The van der Waals surface area contributed by atoms with Crippen molar-refractivity contribution in [3.05, 3.63) is 65.4 Å². The second-order valence-corrected chi connectivity index (χ2v) is 8.34. The number of hydrogen-bond acceptors (Lipinski definition) is 5. The molecule has 1 aromatic heterocycles. The van der Waals surface area contributed by atoms with E-state index >= 15 is 0 Å². The highest BCUT2D eigenvalue weighted by Crippen LogP contribution is 2.27. The molecule has 0 aliphatic carbocycles. The van der Waals surface area contributed by atoms with Crippen molar-refractivity contribution in [2.75, 3.05) is 13.6 Å². The third-order valence-corrected chi connectivity index (χ3v) is 4.67. The number of hydrazine groups is 1. The number of rotatable bonds is 8. The van der Waals surface area contributed by atoms with E-state index in [0.717, 1.165) is 22.0 Å². The van der Waals surface area contributed by atoms with Crippen LogP contribution in [0.1, 0.15) is 42.4 Å². The van der Waals surface area contributed by atoms with Gasteiger partial charge in [0, 0.05) is 24.5 Å². The van der Waals surface area contributed by atoms with Gasteiger partial charge in [-0.2, -0.15) is 0 Å². The number of H-pyrrole nitrogens is 1. The Balaban J connectivity index is 1.73. The minimum absolute atomic E-state index is 0.206. The Bertz CT molecular complexity index is 1070. The molecule has 8 heteroatoms. The summed E-state index contributed by atoms with van der Waals surface area (Å²) < 4.78 is 11.2. The molecule has 32 heavy (non-hydrogen) atoms. The van der Waals surface area contributed by atoms with Crippen LogP contribution in [0.2, 0.25) is 0 Å². The van der Waals surface area contributed by atoms with Crippen LogP contribution in [0.3, 0.4) is 0 Å². The van der Waals surface area contributed by atoms with Gasteiger partial charge in [0.05, 0.1) is 0 Å². The molecule has 2 amide bonds. The molecule has 0 fully saturated rings. The van der Waals surface area contributed by atoms with E-state index < -0.39 is 11.7 Å². The second-order valence-electron chi connectivity index (χ2n) is 8.34. The van der Waals surface area contributed by atoms with E-state index in [4.69, 9.17) is 9.47 Å². The highest BCUT2D eigenvalue weighted by molar-refractivity contribution is 6.01. The van der Waals surface area contributed by atoms with Gasteiger partial charge in [-0.15, -0.1) is 0 Å². The van der Waals surface area contributed by atoms with Crippen LogP contribution in [0.5, 0.6) is 5.75 Å². The first-order valence-electron chi connectivity index (χ1n) is 10.5. The summed E-state index contributed by atoms with van der Waals surface area (Å²) in [6.07, 6.45) is -0.0553. The average Bonchev–Trinajstić information content (AvgIpc) is 3.12. The molecule has 1 heterocycles. The van der Waals surface area contributed by atoms with Crippen molar-refractivity contribution < 1.29 is 19.1 Å². The van der Waals surface area contributed by atoms with E-state index in [-0.39, 0.29) is 5.91 Å². The highest BCUT2D eigenvalue weighted by Gasteiger charge is 2.18. The number of benzene rings is 2. The number of aromatic nitrogens is 1. The Morgan fingerprint density at radius 3 is 2.50 bits per heavy atom. The van der Waals surface area contributed by atoms with Gasteiger partial charge in [-0.1, -0.05) is 30.3 Å². The van der Waals surface area contributed by atoms with E-state index in [1.165, 1.54) is 0 Å². The maximum absolute atomic E-state index is 12.4. The first-order valence-corrected chi connectivity index (χ1v) is 10.5. The second kappa shape index (κ2) is 10.2. The van der Waals surface area contributed by atoms with Gasteiger partial charge in [0.1, 0.15) is 23.7 Å². The standard InChI is InChI=1S/C24H30N4O4/c1-24(2,3)32-23(30)28-26-13-12-18-19-14-17(31-15-16-8-6-5-7-9-16)10-11-20(19)27-21(18)22(29)25-4/h5-11,14,26-27H,12-13,15H2,1-4H3,(H,25,29)(H,28,30). The zero-order chi connectivity index (χ0) is 23.1. The van der Waals surface area contributed by atoms with E-state index in [2.05, 4.69) is 21.2 Å². The number of amides is 2. The van der Waals surface area contributed by atoms with E-state index in [1.54, 1.807) is 27.8 Å². The van der Waals surface area contributed by atoms with Crippen LogP contribution in [0.25, 0.3) is 10.9 Å². The summed E-state index contributed by atoms with van der Waals surface area (Å²) in [5, 5.41) is 3.56. The van der Waals surface area contributed by atoms with Gasteiger partial charge in [0.25, 0.3) is 5.91 Å². The van der Waals surface area contributed by atoms with Crippen LogP contribution >= 0.6 is 0 Å². The smallest absolute Gasteiger partial charge is 0.422 e. The lowest BCUT2D eigenvalue weighted by Crippen LogP contribution is -2.42. The summed E-state index contributed by atoms with van der Waals surface area (Å²) in [5.74, 6) is 0.507. The maximum Gasteiger partial charge on any atom is 0.422 e. The van der Waals surface area contributed by atoms with Crippen molar-refractivity contribution in [3.63, 3.8) is 0 Å². The molecule has 0 aliphatic rings. The lowest BCUT2D eigenvalue weighted by atomic mass is 10.1. The minimum atomic E-state index is -0.578.